The monoisotopic (exact) mass is 289 g/mol. The van der Waals surface area contributed by atoms with Crippen LogP contribution in [0.2, 0.25) is 0 Å². The highest BCUT2D eigenvalue weighted by Crippen LogP contribution is 2.32. The first-order valence-electron chi connectivity index (χ1n) is 7.65. The number of amides is 2. The molecule has 1 aliphatic heterocycles. The van der Waals surface area contributed by atoms with Crippen LogP contribution in [0.5, 0.6) is 0 Å². The van der Waals surface area contributed by atoms with Gasteiger partial charge in [0.2, 0.25) is 0 Å². The predicted octanol–water partition coefficient (Wildman–Crippen LogP) is 2.71. The van der Waals surface area contributed by atoms with E-state index in [-0.39, 0.29) is 17.1 Å². The van der Waals surface area contributed by atoms with Crippen molar-refractivity contribution in [1.82, 2.24) is 15.5 Å². The molecular weight excluding hydrogens is 262 g/mol. The third-order valence-corrected chi connectivity index (χ3v) is 4.01. The van der Waals surface area contributed by atoms with Crippen LogP contribution in [0.1, 0.15) is 39.2 Å². The van der Waals surface area contributed by atoms with Crippen LogP contribution in [-0.2, 0) is 5.54 Å². The smallest absolute Gasteiger partial charge is 0.315 e. The fraction of sp³-hybridized carbons (Fsp3) is 0.588. The average molecular weight is 289 g/mol. The Labute approximate surface area is 127 Å². The molecule has 1 saturated heterocycles. The largest absolute Gasteiger partial charge is 0.334 e. The molecule has 1 aliphatic rings. The van der Waals surface area contributed by atoms with Gasteiger partial charge < -0.3 is 15.5 Å². The van der Waals surface area contributed by atoms with E-state index in [1.165, 1.54) is 5.56 Å². The van der Waals surface area contributed by atoms with Crippen LogP contribution >= 0.6 is 0 Å². The lowest BCUT2D eigenvalue weighted by Crippen LogP contribution is -2.57. The Morgan fingerprint density at radius 1 is 1.14 bits per heavy atom. The lowest BCUT2D eigenvalue weighted by Gasteiger charge is -2.42. The van der Waals surface area contributed by atoms with E-state index in [1.54, 1.807) is 0 Å². The Balaban J connectivity index is 2.19. The molecule has 2 N–H and O–H groups in total. The number of carbonyl (C=O) groups excluding carboxylic acids is 1. The maximum absolute atomic E-state index is 12.4. The minimum absolute atomic E-state index is 0.0871. The molecule has 0 saturated carbocycles. The Morgan fingerprint density at radius 3 is 2.24 bits per heavy atom. The Morgan fingerprint density at radius 2 is 1.71 bits per heavy atom. The summed E-state index contributed by atoms with van der Waals surface area (Å²) in [5.74, 6) is 0. The van der Waals surface area contributed by atoms with Crippen molar-refractivity contribution in [3.05, 3.63) is 35.9 Å². The van der Waals surface area contributed by atoms with E-state index < -0.39 is 0 Å². The van der Waals surface area contributed by atoms with Gasteiger partial charge in [-0.05, 0) is 46.2 Å². The molecule has 116 valence electrons. The Kier molecular flexibility index (Phi) is 4.57. The zero-order valence-corrected chi connectivity index (χ0v) is 13.6. The summed E-state index contributed by atoms with van der Waals surface area (Å²) < 4.78 is 0. The van der Waals surface area contributed by atoms with E-state index in [2.05, 4.69) is 34.7 Å². The van der Waals surface area contributed by atoms with Crippen molar-refractivity contribution in [2.75, 3.05) is 20.1 Å². The lowest BCUT2D eigenvalue weighted by atomic mass is 9.81. The first-order chi connectivity index (χ1) is 9.81. The molecule has 1 heterocycles. The summed E-state index contributed by atoms with van der Waals surface area (Å²) in [7, 11) is 2.13. The molecule has 2 amide bonds. The van der Waals surface area contributed by atoms with Crippen molar-refractivity contribution in [3.8, 4) is 0 Å². The molecule has 21 heavy (non-hydrogen) atoms. The number of urea groups is 1. The highest BCUT2D eigenvalue weighted by atomic mass is 16.2. The molecule has 0 aliphatic carbocycles. The maximum atomic E-state index is 12.4. The molecule has 4 heteroatoms. The van der Waals surface area contributed by atoms with Gasteiger partial charge in [-0.15, -0.1) is 0 Å². The van der Waals surface area contributed by atoms with Crippen LogP contribution in [0.3, 0.4) is 0 Å². The van der Waals surface area contributed by atoms with Crippen molar-refractivity contribution >= 4 is 6.03 Å². The summed E-state index contributed by atoms with van der Waals surface area (Å²) in [6, 6.07) is 10.2. The fourth-order valence-corrected chi connectivity index (χ4v) is 2.83. The van der Waals surface area contributed by atoms with Crippen LogP contribution in [0.15, 0.2) is 30.3 Å². The minimum atomic E-state index is -0.261. The highest BCUT2D eigenvalue weighted by molar-refractivity contribution is 5.76. The second kappa shape index (κ2) is 6.06. The molecule has 0 bridgehead atoms. The number of likely N-dealkylation sites (tertiary alicyclic amines) is 1. The van der Waals surface area contributed by atoms with Gasteiger partial charge in [0.1, 0.15) is 0 Å². The summed E-state index contributed by atoms with van der Waals surface area (Å²) in [6.07, 6.45) is 1.87. The molecule has 2 rings (SSSR count). The number of nitrogens with one attached hydrogen (secondary N) is 2. The molecule has 4 nitrogen and oxygen atoms in total. The van der Waals surface area contributed by atoms with Gasteiger partial charge in [0, 0.05) is 18.6 Å². The van der Waals surface area contributed by atoms with Crippen LogP contribution in [0, 0.1) is 0 Å². The lowest BCUT2D eigenvalue weighted by molar-refractivity contribution is 0.154. The summed E-state index contributed by atoms with van der Waals surface area (Å²) in [4.78, 5) is 14.7. The number of benzene rings is 1. The van der Waals surface area contributed by atoms with E-state index in [0.29, 0.717) is 0 Å². The van der Waals surface area contributed by atoms with E-state index in [4.69, 9.17) is 0 Å². The fourth-order valence-electron chi connectivity index (χ4n) is 2.83. The highest BCUT2D eigenvalue weighted by Gasteiger charge is 2.37. The Bertz CT molecular complexity index is 471. The molecule has 1 aromatic carbocycles. The van der Waals surface area contributed by atoms with Crippen LogP contribution in [0.4, 0.5) is 4.79 Å². The van der Waals surface area contributed by atoms with Gasteiger partial charge in [-0.2, -0.15) is 0 Å². The molecule has 0 spiro atoms. The SMILES string of the molecule is CN1CCC(NC(=O)NC(C)(C)C)(c2ccccc2)CC1. The van der Waals surface area contributed by atoms with Gasteiger partial charge in [0.25, 0.3) is 0 Å². The molecule has 0 aromatic heterocycles. The van der Waals surface area contributed by atoms with E-state index >= 15 is 0 Å². The quantitative estimate of drug-likeness (QED) is 0.879. The van der Waals surface area contributed by atoms with Crippen LogP contribution in [-0.4, -0.2) is 36.6 Å². The van der Waals surface area contributed by atoms with Crippen molar-refractivity contribution < 1.29 is 4.79 Å². The Hall–Kier alpha value is -1.55. The van der Waals surface area contributed by atoms with Crippen molar-refractivity contribution in [2.45, 2.75) is 44.7 Å². The van der Waals surface area contributed by atoms with Gasteiger partial charge in [-0.3, -0.25) is 0 Å². The van der Waals surface area contributed by atoms with Crippen molar-refractivity contribution in [2.24, 2.45) is 0 Å². The average Bonchev–Trinajstić information content (AvgIpc) is 2.40. The second-order valence-corrected chi connectivity index (χ2v) is 7.08. The van der Waals surface area contributed by atoms with Gasteiger partial charge in [0.05, 0.1) is 5.54 Å². The second-order valence-electron chi connectivity index (χ2n) is 7.08. The summed E-state index contributed by atoms with van der Waals surface area (Å²) in [5.41, 5.74) is 0.707. The van der Waals surface area contributed by atoms with Gasteiger partial charge in [0.15, 0.2) is 0 Å². The zero-order valence-electron chi connectivity index (χ0n) is 13.6. The number of carbonyl (C=O) groups is 1. The third kappa shape index (κ3) is 4.21. The number of hydrogen-bond acceptors (Lipinski definition) is 2. The van der Waals surface area contributed by atoms with Crippen LogP contribution in [0.25, 0.3) is 0 Å². The molecule has 0 radical (unpaired) electrons. The predicted molar refractivity (Wildman–Crippen MR) is 86.3 cm³/mol. The number of nitrogens with zero attached hydrogens (tertiary/aromatic N) is 1. The first-order valence-corrected chi connectivity index (χ1v) is 7.65. The van der Waals surface area contributed by atoms with E-state index in [9.17, 15) is 4.79 Å². The molecule has 0 atom stereocenters. The zero-order chi connectivity index (χ0) is 15.5. The van der Waals surface area contributed by atoms with Gasteiger partial charge >= 0.3 is 6.03 Å². The van der Waals surface area contributed by atoms with Gasteiger partial charge in [-0.1, -0.05) is 30.3 Å². The van der Waals surface area contributed by atoms with E-state index in [1.807, 2.05) is 39.0 Å². The molecular formula is C17H27N3O. The maximum Gasteiger partial charge on any atom is 0.315 e. The number of hydrogen-bond donors (Lipinski definition) is 2. The number of piperidine rings is 1. The third-order valence-electron chi connectivity index (χ3n) is 4.01. The standard InChI is InChI=1S/C17H27N3O/c1-16(2,3)18-15(21)19-17(10-12-20(4)13-11-17)14-8-6-5-7-9-14/h5-9H,10-13H2,1-4H3,(H2,18,19,21). The molecule has 1 aromatic rings. The summed E-state index contributed by atoms with van der Waals surface area (Å²) in [5, 5.41) is 6.26. The van der Waals surface area contributed by atoms with Gasteiger partial charge in [-0.25, -0.2) is 4.79 Å². The van der Waals surface area contributed by atoms with Crippen LogP contribution < -0.4 is 10.6 Å². The van der Waals surface area contributed by atoms with Crippen molar-refractivity contribution in [1.29, 1.82) is 0 Å². The molecule has 1 fully saturated rings. The molecule has 0 unspecified atom stereocenters. The summed E-state index contributed by atoms with van der Waals surface area (Å²) >= 11 is 0. The normalized spacial score (nSPS) is 19.0. The summed E-state index contributed by atoms with van der Waals surface area (Å²) in [6.45, 7) is 7.97. The minimum Gasteiger partial charge on any atom is -0.334 e. The van der Waals surface area contributed by atoms with E-state index in [0.717, 1.165) is 25.9 Å². The topological polar surface area (TPSA) is 44.4 Å². The first kappa shape index (κ1) is 15.8. The van der Waals surface area contributed by atoms with Crippen molar-refractivity contribution in [3.63, 3.8) is 0 Å². The number of rotatable bonds is 2.